The quantitative estimate of drug-likeness (QED) is 0.532. The van der Waals surface area contributed by atoms with Crippen molar-refractivity contribution in [3.05, 3.63) is 77.6 Å². The number of rotatable bonds is 9. The lowest BCUT2D eigenvalue weighted by molar-refractivity contribution is -0.136. The van der Waals surface area contributed by atoms with Gasteiger partial charge in [0.15, 0.2) is 11.0 Å². The molecule has 6 nitrogen and oxygen atoms in total. The summed E-state index contributed by atoms with van der Waals surface area (Å²) in [6, 6.07) is 19.4. The number of aromatic nitrogens is 3. The molecule has 1 heterocycles. The maximum atomic E-state index is 12.0. The lowest BCUT2D eigenvalue weighted by Crippen LogP contribution is -2.23. The highest BCUT2D eigenvalue weighted by Crippen LogP contribution is 2.36. The summed E-state index contributed by atoms with van der Waals surface area (Å²) >= 11 is 1.23. The van der Waals surface area contributed by atoms with Crippen LogP contribution in [0.1, 0.15) is 41.6 Å². The van der Waals surface area contributed by atoms with Gasteiger partial charge in [0.1, 0.15) is 5.25 Å². The van der Waals surface area contributed by atoms with Crippen LogP contribution in [0.4, 0.5) is 0 Å². The Morgan fingerprint density at radius 2 is 1.69 bits per heavy atom. The summed E-state index contributed by atoms with van der Waals surface area (Å²) in [5.74, 6) is -0.0438. The summed E-state index contributed by atoms with van der Waals surface area (Å²) in [5, 5.41) is 18.6. The Hall–Kier alpha value is -2.64. The van der Waals surface area contributed by atoms with Crippen LogP contribution in [0.25, 0.3) is 0 Å². The second-order valence-corrected chi connectivity index (χ2v) is 8.12. The number of carboxylic acid groups (broad SMARTS) is 1. The molecule has 2 aromatic carbocycles. The number of aliphatic carboxylic acids is 1. The van der Waals surface area contributed by atoms with E-state index in [4.69, 9.17) is 0 Å². The van der Waals surface area contributed by atoms with Crippen LogP contribution >= 0.6 is 11.8 Å². The minimum atomic E-state index is -0.892. The SMILES string of the molecule is CC[C@@H](c1nnc(S[C@@H](C(=O)O)c2ccccc2)n1Cc1ccccc1)N(C)C. The summed E-state index contributed by atoms with van der Waals surface area (Å²) in [6.07, 6.45) is 0.881. The minimum Gasteiger partial charge on any atom is -0.480 e. The minimum absolute atomic E-state index is 0.0977. The standard InChI is InChI=1S/C22H26N4O2S/c1-4-18(25(2)3)20-23-24-22(26(20)15-16-11-7-5-8-12-16)29-19(21(27)28)17-13-9-6-10-14-17/h5-14,18-19H,4,15H2,1-3H3,(H,27,28)/t18-,19+/m0/s1. The smallest absolute Gasteiger partial charge is 0.321 e. The van der Waals surface area contributed by atoms with Crippen LogP contribution < -0.4 is 0 Å². The summed E-state index contributed by atoms with van der Waals surface area (Å²) in [7, 11) is 4.04. The van der Waals surface area contributed by atoms with E-state index >= 15 is 0 Å². The van der Waals surface area contributed by atoms with Gasteiger partial charge < -0.3 is 9.67 Å². The fraction of sp³-hybridized carbons (Fsp3) is 0.318. The van der Waals surface area contributed by atoms with Crippen LogP contribution in [0.5, 0.6) is 0 Å². The monoisotopic (exact) mass is 410 g/mol. The topological polar surface area (TPSA) is 71.2 Å². The van der Waals surface area contributed by atoms with Crippen molar-refractivity contribution >= 4 is 17.7 Å². The lowest BCUT2D eigenvalue weighted by Gasteiger charge is -2.23. The summed E-state index contributed by atoms with van der Waals surface area (Å²) in [5.41, 5.74) is 1.86. The van der Waals surface area contributed by atoms with Crippen molar-refractivity contribution in [3.63, 3.8) is 0 Å². The molecule has 0 saturated carbocycles. The van der Waals surface area contributed by atoms with Crippen molar-refractivity contribution in [2.75, 3.05) is 14.1 Å². The first-order chi connectivity index (χ1) is 14.0. The summed E-state index contributed by atoms with van der Waals surface area (Å²) in [6.45, 7) is 2.71. The Balaban J connectivity index is 2.01. The van der Waals surface area contributed by atoms with Crippen molar-refractivity contribution in [3.8, 4) is 0 Å². The molecular formula is C22H26N4O2S. The zero-order chi connectivity index (χ0) is 20.8. The van der Waals surface area contributed by atoms with Gasteiger partial charge in [0, 0.05) is 0 Å². The molecule has 1 aromatic heterocycles. The highest BCUT2D eigenvalue weighted by molar-refractivity contribution is 8.00. The summed E-state index contributed by atoms with van der Waals surface area (Å²) in [4.78, 5) is 14.1. The van der Waals surface area contributed by atoms with Crippen LogP contribution in [-0.4, -0.2) is 44.8 Å². The Kier molecular flexibility index (Phi) is 7.06. The first-order valence-corrected chi connectivity index (χ1v) is 10.5. The van der Waals surface area contributed by atoms with E-state index in [1.165, 1.54) is 11.8 Å². The van der Waals surface area contributed by atoms with Gasteiger partial charge in [-0.25, -0.2) is 0 Å². The maximum absolute atomic E-state index is 12.0. The van der Waals surface area contributed by atoms with Crippen LogP contribution in [-0.2, 0) is 11.3 Å². The van der Waals surface area contributed by atoms with Crippen molar-refractivity contribution < 1.29 is 9.90 Å². The van der Waals surface area contributed by atoms with Crippen LogP contribution in [0, 0.1) is 0 Å². The molecule has 3 rings (SSSR count). The van der Waals surface area contributed by atoms with Crippen LogP contribution in [0.2, 0.25) is 0 Å². The Morgan fingerprint density at radius 1 is 1.07 bits per heavy atom. The number of nitrogens with zero attached hydrogens (tertiary/aromatic N) is 4. The van der Waals surface area contributed by atoms with Crippen molar-refractivity contribution in [2.45, 2.75) is 36.3 Å². The molecule has 0 saturated heterocycles. The van der Waals surface area contributed by atoms with Crippen LogP contribution in [0.3, 0.4) is 0 Å². The van der Waals surface area contributed by atoms with Crippen molar-refractivity contribution in [1.29, 1.82) is 0 Å². The van der Waals surface area contributed by atoms with Gasteiger partial charge in [-0.3, -0.25) is 9.69 Å². The van der Waals surface area contributed by atoms with Gasteiger partial charge in [0.05, 0.1) is 12.6 Å². The third-order valence-electron chi connectivity index (χ3n) is 4.79. The lowest BCUT2D eigenvalue weighted by atomic mass is 10.1. The molecular weight excluding hydrogens is 384 g/mol. The first-order valence-electron chi connectivity index (χ1n) is 9.59. The van der Waals surface area contributed by atoms with Gasteiger partial charge in [0.2, 0.25) is 0 Å². The molecule has 0 spiro atoms. The maximum Gasteiger partial charge on any atom is 0.321 e. The number of benzene rings is 2. The third kappa shape index (κ3) is 5.05. The van der Waals surface area contributed by atoms with E-state index in [1.54, 1.807) is 0 Å². The third-order valence-corrected chi connectivity index (χ3v) is 6.01. The molecule has 0 amide bonds. The number of carboxylic acids is 1. The van der Waals surface area contributed by atoms with Crippen LogP contribution in [0.15, 0.2) is 65.8 Å². The molecule has 7 heteroatoms. The number of hydrogen-bond donors (Lipinski definition) is 1. The van der Waals surface area contributed by atoms with E-state index in [-0.39, 0.29) is 6.04 Å². The zero-order valence-electron chi connectivity index (χ0n) is 16.9. The molecule has 0 aliphatic carbocycles. The fourth-order valence-electron chi connectivity index (χ4n) is 3.32. The second-order valence-electron chi connectivity index (χ2n) is 7.05. The molecule has 0 aliphatic rings. The number of carbonyl (C=O) groups is 1. The average Bonchev–Trinajstić information content (AvgIpc) is 3.09. The Bertz CT molecular complexity index is 929. The van der Waals surface area contributed by atoms with Gasteiger partial charge in [-0.2, -0.15) is 0 Å². The molecule has 1 N–H and O–H groups in total. The van der Waals surface area contributed by atoms with Gasteiger partial charge in [-0.15, -0.1) is 10.2 Å². The van der Waals surface area contributed by atoms with E-state index in [1.807, 2.05) is 67.2 Å². The average molecular weight is 411 g/mol. The highest BCUT2D eigenvalue weighted by Gasteiger charge is 2.27. The molecule has 0 bridgehead atoms. The fourth-order valence-corrected chi connectivity index (χ4v) is 4.30. The van der Waals surface area contributed by atoms with E-state index in [0.29, 0.717) is 11.7 Å². The zero-order valence-corrected chi connectivity index (χ0v) is 17.7. The second kappa shape index (κ2) is 9.71. The first kappa shape index (κ1) is 21.1. The van der Waals surface area contributed by atoms with Gasteiger partial charge in [-0.05, 0) is 31.6 Å². The predicted octanol–water partition coefficient (Wildman–Crippen LogP) is 4.26. The molecule has 2 atom stereocenters. The normalized spacial score (nSPS) is 13.4. The van der Waals surface area contributed by atoms with Crippen molar-refractivity contribution in [1.82, 2.24) is 19.7 Å². The molecule has 0 aliphatic heterocycles. The van der Waals surface area contributed by atoms with Gasteiger partial charge in [0.25, 0.3) is 0 Å². The van der Waals surface area contributed by atoms with Gasteiger partial charge in [-0.1, -0.05) is 79.3 Å². The molecule has 0 fully saturated rings. The molecule has 29 heavy (non-hydrogen) atoms. The Labute approximate surface area is 175 Å². The number of thioether (sulfide) groups is 1. The molecule has 152 valence electrons. The van der Waals surface area contributed by atoms with Gasteiger partial charge >= 0.3 is 5.97 Å². The van der Waals surface area contributed by atoms with E-state index in [0.717, 1.165) is 23.4 Å². The largest absolute Gasteiger partial charge is 0.480 e. The molecule has 0 unspecified atom stereocenters. The van der Waals surface area contributed by atoms with E-state index < -0.39 is 11.2 Å². The van der Waals surface area contributed by atoms with E-state index in [2.05, 4.69) is 34.2 Å². The summed E-state index contributed by atoms with van der Waals surface area (Å²) < 4.78 is 2.05. The van der Waals surface area contributed by atoms with E-state index in [9.17, 15) is 9.90 Å². The highest BCUT2D eigenvalue weighted by atomic mass is 32.2. The molecule has 3 aromatic rings. The Morgan fingerprint density at radius 3 is 2.24 bits per heavy atom. The molecule has 0 radical (unpaired) electrons. The number of hydrogen-bond acceptors (Lipinski definition) is 5. The predicted molar refractivity (Wildman–Crippen MR) is 115 cm³/mol. The van der Waals surface area contributed by atoms with Crippen molar-refractivity contribution in [2.24, 2.45) is 0 Å².